The summed E-state index contributed by atoms with van der Waals surface area (Å²) in [6, 6.07) is 4.34. The minimum absolute atomic E-state index is 0.937. The van der Waals surface area contributed by atoms with E-state index >= 15 is 0 Å². The molecule has 2 aromatic rings. The van der Waals surface area contributed by atoms with Crippen LogP contribution in [0.1, 0.15) is 29.7 Å². The van der Waals surface area contributed by atoms with Crippen molar-refractivity contribution in [2.45, 2.75) is 38.6 Å². The number of halogens is 1. The van der Waals surface area contributed by atoms with E-state index in [1.165, 1.54) is 42.1 Å². The summed E-state index contributed by atoms with van der Waals surface area (Å²) in [6.45, 7) is 3.19. The van der Waals surface area contributed by atoms with Gasteiger partial charge in [-0.2, -0.15) is 0 Å². The Morgan fingerprint density at radius 3 is 2.84 bits per heavy atom. The summed E-state index contributed by atoms with van der Waals surface area (Å²) in [5.41, 5.74) is 5.95. The van der Waals surface area contributed by atoms with Gasteiger partial charge in [0.05, 0.1) is 5.52 Å². The molecule has 3 heteroatoms. The predicted molar refractivity (Wildman–Crippen MR) is 80.2 cm³/mol. The molecule has 0 radical (unpaired) electrons. The molecule has 1 aromatic carbocycles. The van der Waals surface area contributed by atoms with Gasteiger partial charge in [0.1, 0.15) is 0 Å². The van der Waals surface area contributed by atoms with Crippen molar-refractivity contribution in [3.05, 3.63) is 34.0 Å². The zero-order valence-corrected chi connectivity index (χ0v) is 11.9. The normalized spacial score (nSPS) is 19.0. The Bertz CT molecular complexity index is 642. The van der Waals surface area contributed by atoms with Crippen LogP contribution in [0, 0.1) is 0 Å². The third-order valence-electron chi connectivity index (χ3n) is 4.65. The van der Waals surface area contributed by atoms with E-state index in [1.807, 2.05) is 0 Å². The zero-order chi connectivity index (χ0) is 12.8. The zero-order valence-electron chi connectivity index (χ0n) is 11.1. The first kappa shape index (κ1) is 11.8. The van der Waals surface area contributed by atoms with Crippen molar-refractivity contribution in [2.24, 2.45) is 0 Å². The fourth-order valence-corrected chi connectivity index (χ4v) is 4.04. The maximum absolute atomic E-state index is 6.46. The molecule has 2 nitrogen and oxygen atoms in total. The summed E-state index contributed by atoms with van der Waals surface area (Å²) in [6.07, 6.45) is 6.19. The fraction of sp³-hybridized carbons (Fsp3) is 0.500. The monoisotopic (exact) mass is 274 g/mol. The van der Waals surface area contributed by atoms with Crippen LogP contribution in [-0.2, 0) is 25.8 Å². The highest BCUT2D eigenvalue weighted by Crippen LogP contribution is 2.36. The Kier molecular flexibility index (Phi) is 2.82. The molecule has 0 spiro atoms. The van der Waals surface area contributed by atoms with Crippen LogP contribution in [0.15, 0.2) is 12.1 Å². The van der Waals surface area contributed by atoms with E-state index in [-0.39, 0.29) is 0 Å². The van der Waals surface area contributed by atoms with Gasteiger partial charge >= 0.3 is 0 Å². The topological polar surface area (TPSA) is 17.0 Å². The van der Waals surface area contributed by atoms with Crippen molar-refractivity contribution in [3.8, 4) is 0 Å². The van der Waals surface area contributed by atoms with Gasteiger partial charge in [-0.3, -0.25) is 0 Å². The van der Waals surface area contributed by atoms with Crippen LogP contribution in [0.5, 0.6) is 0 Å². The van der Waals surface area contributed by atoms with Gasteiger partial charge in [-0.05, 0) is 55.8 Å². The molecular formula is C16H19ClN2. The predicted octanol–water partition coefficient (Wildman–Crippen LogP) is 3.32. The average molecular weight is 275 g/mol. The number of rotatable bonds is 0. The molecule has 2 aliphatic rings. The number of nitrogens with zero attached hydrogens (tertiary/aromatic N) is 1. The summed E-state index contributed by atoms with van der Waals surface area (Å²) >= 11 is 6.46. The molecule has 0 unspecified atom stereocenters. The van der Waals surface area contributed by atoms with Gasteiger partial charge < -0.3 is 9.88 Å². The smallest absolute Gasteiger partial charge is 0.0533 e. The first-order chi connectivity index (χ1) is 9.36. The second-order valence-electron chi connectivity index (χ2n) is 5.71. The Morgan fingerprint density at radius 1 is 1.00 bits per heavy atom. The minimum atomic E-state index is 0.937. The van der Waals surface area contributed by atoms with E-state index in [0.717, 1.165) is 31.1 Å². The highest BCUT2D eigenvalue weighted by atomic mass is 35.5. The van der Waals surface area contributed by atoms with Gasteiger partial charge in [-0.15, -0.1) is 0 Å². The first-order valence-electron chi connectivity index (χ1n) is 7.38. The van der Waals surface area contributed by atoms with Crippen LogP contribution in [0.25, 0.3) is 10.9 Å². The third-order valence-corrected chi connectivity index (χ3v) is 5.00. The van der Waals surface area contributed by atoms with Gasteiger partial charge in [-0.25, -0.2) is 0 Å². The second-order valence-corrected chi connectivity index (χ2v) is 6.11. The minimum Gasteiger partial charge on any atom is -0.343 e. The molecule has 0 atom stereocenters. The van der Waals surface area contributed by atoms with Crippen LogP contribution < -0.4 is 5.32 Å². The molecule has 4 rings (SSSR count). The molecule has 1 aliphatic carbocycles. The van der Waals surface area contributed by atoms with Crippen molar-refractivity contribution >= 4 is 22.5 Å². The summed E-state index contributed by atoms with van der Waals surface area (Å²) in [5, 5.41) is 5.92. The molecule has 0 bridgehead atoms. The molecule has 0 amide bonds. The number of aryl methyl sites for hydroxylation is 1. The molecular weight excluding hydrogens is 256 g/mol. The van der Waals surface area contributed by atoms with E-state index < -0.39 is 0 Å². The summed E-state index contributed by atoms with van der Waals surface area (Å²) < 4.78 is 2.55. The van der Waals surface area contributed by atoms with Gasteiger partial charge in [-0.1, -0.05) is 17.7 Å². The lowest BCUT2D eigenvalue weighted by molar-refractivity contribution is 0.563. The number of benzene rings is 1. The van der Waals surface area contributed by atoms with Gasteiger partial charge in [0.25, 0.3) is 0 Å². The lowest BCUT2D eigenvalue weighted by atomic mass is 9.95. The standard InChI is InChI=1S/C16H19ClN2/c17-14-6-5-12-11-3-1-2-4-15(11)19-10-9-18-8-7-13(14)16(12)19/h5-6,18H,1-4,7-10H2. The van der Waals surface area contributed by atoms with E-state index in [4.69, 9.17) is 11.6 Å². The van der Waals surface area contributed by atoms with Crippen LogP contribution in [0.3, 0.4) is 0 Å². The molecule has 0 fully saturated rings. The Labute approximate surface area is 118 Å². The van der Waals surface area contributed by atoms with E-state index in [9.17, 15) is 0 Å². The van der Waals surface area contributed by atoms with Crippen molar-refractivity contribution < 1.29 is 0 Å². The van der Waals surface area contributed by atoms with Crippen molar-refractivity contribution in [1.29, 1.82) is 0 Å². The fourth-order valence-electron chi connectivity index (χ4n) is 3.79. The molecule has 19 heavy (non-hydrogen) atoms. The van der Waals surface area contributed by atoms with Gasteiger partial charge in [0, 0.05) is 29.2 Å². The maximum atomic E-state index is 6.46. The lowest BCUT2D eigenvalue weighted by Gasteiger charge is -2.19. The lowest BCUT2D eigenvalue weighted by Crippen LogP contribution is -2.26. The average Bonchev–Trinajstić information content (AvgIpc) is 2.71. The van der Waals surface area contributed by atoms with Crippen molar-refractivity contribution in [1.82, 2.24) is 9.88 Å². The van der Waals surface area contributed by atoms with Crippen LogP contribution in [0.2, 0.25) is 5.02 Å². The SMILES string of the molecule is Clc1ccc2c3c(n4c2c1CCNCC4)CCCC3. The van der Waals surface area contributed by atoms with E-state index in [0.29, 0.717) is 0 Å². The third kappa shape index (κ3) is 1.73. The molecule has 1 N–H and O–H groups in total. The van der Waals surface area contributed by atoms with Crippen molar-refractivity contribution in [2.75, 3.05) is 13.1 Å². The largest absolute Gasteiger partial charge is 0.343 e. The first-order valence-corrected chi connectivity index (χ1v) is 7.76. The molecule has 0 saturated carbocycles. The molecule has 1 aromatic heterocycles. The Balaban J connectivity index is 2.09. The summed E-state index contributed by atoms with van der Waals surface area (Å²) in [7, 11) is 0. The molecule has 1 aliphatic heterocycles. The van der Waals surface area contributed by atoms with Crippen LogP contribution in [0.4, 0.5) is 0 Å². The Hall–Kier alpha value is -0.990. The Morgan fingerprint density at radius 2 is 1.89 bits per heavy atom. The van der Waals surface area contributed by atoms with E-state index in [2.05, 4.69) is 22.0 Å². The molecule has 100 valence electrons. The number of aromatic nitrogens is 1. The maximum Gasteiger partial charge on any atom is 0.0533 e. The quantitative estimate of drug-likeness (QED) is 0.780. The highest BCUT2D eigenvalue weighted by Gasteiger charge is 2.23. The number of nitrogens with one attached hydrogen (secondary N) is 1. The van der Waals surface area contributed by atoms with E-state index in [1.54, 1.807) is 11.3 Å². The van der Waals surface area contributed by atoms with Crippen LogP contribution in [-0.4, -0.2) is 17.7 Å². The van der Waals surface area contributed by atoms with Crippen molar-refractivity contribution in [3.63, 3.8) is 0 Å². The molecule has 0 saturated heterocycles. The number of hydrogen-bond donors (Lipinski definition) is 1. The summed E-state index contributed by atoms with van der Waals surface area (Å²) in [4.78, 5) is 0. The van der Waals surface area contributed by atoms with Gasteiger partial charge in [0.2, 0.25) is 0 Å². The van der Waals surface area contributed by atoms with Crippen LogP contribution >= 0.6 is 11.6 Å². The number of fused-ring (bicyclic) bond motifs is 3. The second kappa shape index (κ2) is 4.53. The van der Waals surface area contributed by atoms with Gasteiger partial charge in [0.15, 0.2) is 0 Å². The highest BCUT2D eigenvalue weighted by molar-refractivity contribution is 6.32. The summed E-state index contributed by atoms with van der Waals surface area (Å²) in [5.74, 6) is 0. The number of hydrogen-bond acceptors (Lipinski definition) is 1. The molecule has 2 heterocycles.